The summed E-state index contributed by atoms with van der Waals surface area (Å²) in [7, 11) is 0. The quantitative estimate of drug-likeness (QED) is 0.344. The monoisotopic (exact) mass is 520 g/mol. The van der Waals surface area contributed by atoms with Crippen molar-refractivity contribution in [1.82, 2.24) is 5.32 Å². The molecule has 36 heavy (non-hydrogen) atoms. The highest BCUT2D eigenvalue weighted by Gasteiger charge is 2.29. The average Bonchev–Trinajstić information content (AvgIpc) is 3.00. The predicted octanol–water partition coefficient (Wildman–Crippen LogP) is 7.41. The fraction of sp³-hybridized carbons (Fsp3) is 0.241. The maximum Gasteiger partial charge on any atom is 0.259 e. The lowest BCUT2D eigenvalue weighted by Crippen LogP contribution is -2.31. The Kier molecular flexibility index (Phi) is 7.44. The molecule has 5 rings (SSSR count). The van der Waals surface area contributed by atoms with Crippen LogP contribution in [0.1, 0.15) is 58.4 Å². The Morgan fingerprint density at radius 2 is 1.92 bits per heavy atom. The molecule has 0 unspecified atom stereocenters. The molecule has 1 heterocycles. The number of halogens is 2. The van der Waals surface area contributed by atoms with Crippen molar-refractivity contribution in [3.63, 3.8) is 0 Å². The van der Waals surface area contributed by atoms with Crippen molar-refractivity contribution in [3.8, 4) is 0 Å². The van der Waals surface area contributed by atoms with Crippen molar-refractivity contribution in [2.24, 2.45) is 0 Å². The summed E-state index contributed by atoms with van der Waals surface area (Å²) in [6.45, 7) is 0.515. The normalized spacial score (nSPS) is 15.0. The maximum atomic E-state index is 14.7. The Balaban J connectivity index is 1.46. The Labute approximate surface area is 219 Å². The molecule has 2 amide bonds. The van der Waals surface area contributed by atoms with Gasteiger partial charge in [0.15, 0.2) is 0 Å². The minimum absolute atomic E-state index is 0.0501. The highest BCUT2D eigenvalue weighted by Crippen LogP contribution is 2.42. The molecule has 3 aromatic carbocycles. The van der Waals surface area contributed by atoms with Gasteiger partial charge >= 0.3 is 0 Å². The SMILES string of the molecule is O=C(NCCC1=CCCCC1)c1ccc2c(c1)N(Cc1c(F)cccc1Cl)C(=O)c1ccccc1S2. The Morgan fingerprint density at radius 1 is 1.06 bits per heavy atom. The van der Waals surface area contributed by atoms with Crippen LogP contribution < -0.4 is 10.2 Å². The topological polar surface area (TPSA) is 49.4 Å². The van der Waals surface area contributed by atoms with Crippen molar-refractivity contribution in [1.29, 1.82) is 0 Å². The highest BCUT2D eigenvalue weighted by molar-refractivity contribution is 7.99. The number of fused-ring (bicyclic) bond motifs is 2. The van der Waals surface area contributed by atoms with E-state index in [2.05, 4.69) is 11.4 Å². The third-order valence-corrected chi connectivity index (χ3v) is 8.08. The van der Waals surface area contributed by atoms with Gasteiger partial charge in [0.25, 0.3) is 11.8 Å². The maximum absolute atomic E-state index is 14.7. The first-order valence-electron chi connectivity index (χ1n) is 12.1. The van der Waals surface area contributed by atoms with Crippen LogP contribution in [-0.4, -0.2) is 18.4 Å². The van der Waals surface area contributed by atoms with Gasteiger partial charge in [0.05, 0.1) is 17.8 Å². The van der Waals surface area contributed by atoms with E-state index < -0.39 is 5.82 Å². The fourth-order valence-corrected chi connectivity index (χ4v) is 5.91. The number of anilines is 1. The summed E-state index contributed by atoms with van der Waals surface area (Å²) in [5.41, 5.74) is 3.17. The first-order chi connectivity index (χ1) is 17.5. The average molecular weight is 521 g/mol. The molecule has 0 radical (unpaired) electrons. The molecular weight excluding hydrogens is 495 g/mol. The van der Waals surface area contributed by atoms with Crippen molar-refractivity contribution in [2.45, 2.75) is 48.4 Å². The van der Waals surface area contributed by atoms with Crippen molar-refractivity contribution in [2.75, 3.05) is 11.4 Å². The summed E-state index contributed by atoms with van der Waals surface area (Å²) in [6, 6.07) is 17.2. The molecule has 4 nitrogen and oxygen atoms in total. The Morgan fingerprint density at radius 3 is 2.72 bits per heavy atom. The third-order valence-electron chi connectivity index (χ3n) is 6.59. The zero-order chi connectivity index (χ0) is 25.1. The number of amides is 2. The smallest absolute Gasteiger partial charge is 0.259 e. The Bertz CT molecular complexity index is 1340. The number of hydrogen-bond acceptors (Lipinski definition) is 3. The lowest BCUT2D eigenvalue weighted by Gasteiger charge is -2.24. The molecule has 1 aliphatic carbocycles. The van der Waals surface area contributed by atoms with Crippen LogP contribution >= 0.6 is 23.4 Å². The lowest BCUT2D eigenvalue weighted by atomic mass is 9.97. The van der Waals surface area contributed by atoms with Gasteiger partial charge in [-0.1, -0.05) is 53.2 Å². The largest absolute Gasteiger partial charge is 0.352 e. The van der Waals surface area contributed by atoms with Gasteiger partial charge in [-0.3, -0.25) is 9.59 Å². The van der Waals surface area contributed by atoms with Crippen LogP contribution in [0, 0.1) is 5.82 Å². The van der Waals surface area contributed by atoms with Gasteiger partial charge in [0.2, 0.25) is 0 Å². The van der Waals surface area contributed by atoms with E-state index in [4.69, 9.17) is 11.6 Å². The van der Waals surface area contributed by atoms with Gasteiger partial charge in [-0.05, 0) is 74.6 Å². The minimum Gasteiger partial charge on any atom is -0.352 e. The second-order valence-corrected chi connectivity index (χ2v) is 10.5. The van der Waals surface area contributed by atoms with E-state index in [-0.39, 0.29) is 28.9 Å². The number of nitrogens with one attached hydrogen (secondary N) is 1. The van der Waals surface area contributed by atoms with Gasteiger partial charge in [0, 0.05) is 32.5 Å². The second kappa shape index (κ2) is 10.9. The molecule has 0 saturated carbocycles. The van der Waals surface area contributed by atoms with Crippen LogP contribution in [0.15, 0.2) is 82.1 Å². The molecule has 0 atom stereocenters. The number of allylic oxidation sites excluding steroid dienone is 1. The fourth-order valence-electron chi connectivity index (χ4n) is 4.63. The molecule has 184 valence electrons. The van der Waals surface area contributed by atoms with E-state index in [9.17, 15) is 14.0 Å². The molecule has 7 heteroatoms. The number of carbonyl (C=O) groups excluding carboxylic acids is 2. The lowest BCUT2D eigenvalue weighted by molar-refractivity contribution is 0.0950. The van der Waals surface area contributed by atoms with E-state index in [0.717, 1.165) is 29.1 Å². The number of carbonyl (C=O) groups is 2. The highest BCUT2D eigenvalue weighted by atomic mass is 35.5. The van der Waals surface area contributed by atoms with Crippen LogP contribution in [0.2, 0.25) is 5.02 Å². The molecule has 0 spiro atoms. The van der Waals surface area contributed by atoms with Crippen LogP contribution in [-0.2, 0) is 6.54 Å². The van der Waals surface area contributed by atoms with Crippen LogP contribution in [0.3, 0.4) is 0 Å². The predicted molar refractivity (Wildman–Crippen MR) is 142 cm³/mol. The van der Waals surface area contributed by atoms with Gasteiger partial charge in [-0.25, -0.2) is 4.39 Å². The Hall–Kier alpha value is -3.09. The summed E-state index contributed by atoms with van der Waals surface area (Å²) in [6.07, 6.45) is 7.79. The van der Waals surface area contributed by atoms with Crippen molar-refractivity contribution >= 4 is 40.9 Å². The summed E-state index contributed by atoms with van der Waals surface area (Å²) in [5.74, 6) is -0.941. The number of hydrogen-bond donors (Lipinski definition) is 1. The summed E-state index contributed by atoms with van der Waals surface area (Å²) in [4.78, 5) is 29.8. The van der Waals surface area contributed by atoms with E-state index in [1.165, 1.54) is 47.2 Å². The van der Waals surface area contributed by atoms with Crippen LogP contribution in [0.4, 0.5) is 10.1 Å². The molecule has 0 bridgehead atoms. The molecular formula is C29H26ClFN2O2S. The molecule has 1 N–H and O–H groups in total. The van der Waals surface area contributed by atoms with Gasteiger partial charge in [-0.15, -0.1) is 0 Å². The summed E-state index contributed by atoms with van der Waals surface area (Å²) in [5, 5.41) is 3.26. The molecule has 3 aromatic rings. The zero-order valence-corrected chi connectivity index (χ0v) is 21.3. The van der Waals surface area contributed by atoms with E-state index >= 15 is 0 Å². The van der Waals surface area contributed by atoms with E-state index in [0.29, 0.717) is 23.4 Å². The zero-order valence-electron chi connectivity index (χ0n) is 19.7. The second-order valence-electron chi connectivity index (χ2n) is 8.99. The molecule has 1 aliphatic heterocycles. The first kappa shape index (κ1) is 24.6. The molecule has 0 saturated heterocycles. The molecule has 0 fully saturated rings. The summed E-state index contributed by atoms with van der Waals surface area (Å²) < 4.78 is 14.7. The number of nitrogens with zero attached hydrogens (tertiary/aromatic N) is 1. The van der Waals surface area contributed by atoms with Crippen LogP contribution in [0.5, 0.6) is 0 Å². The van der Waals surface area contributed by atoms with Crippen molar-refractivity contribution < 1.29 is 14.0 Å². The first-order valence-corrected chi connectivity index (χ1v) is 13.3. The standard InChI is InChI=1S/C29H26ClFN2O2S/c30-23-10-6-11-24(31)22(23)18-33-25-17-20(28(34)32-16-15-19-7-2-1-3-8-19)13-14-27(25)36-26-12-5-4-9-21(26)29(33)35/h4-7,9-14,17H,1-3,8,15-16,18H2,(H,32,34). The van der Waals surface area contributed by atoms with E-state index in [1.807, 2.05) is 24.3 Å². The van der Waals surface area contributed by atoms with Crippen LogP contribution in [0.25, 0.3) is 0 Å². The molecule has 0 aromatic heterocycles. The minimum atomic E-state index is -0.479. The van der Waals surface area contributed by atoms with Gasteiger partial charge < -0.3 is 10.2 Å². The number of rotatable bonds is 6. The van der Waals surface area contributed by atoms with E-state index in [1.54, 1.807) is 24.3 Å². The number of benzene rings is 3. The van der Waals surface area contributed by atoms with Gasteiger partial charge in [-0.2, -0.15) is 0 Å². The summed E-state index contributed by atoms with van der Waals surface area (Å²) >= 11 is 7.77. The van der Waals surface area contributed by atoms with Crippen molar-refractivity contribution in [3.05, 3.63) is 99.8 Å². The van der Waals surface area contributed by atoms with Gasteiger partial charge in [0.1, 0.15) is 5.82 Å². The molecule has 2 aliphatic rings. The third kappa shape index (κ3) is 5.20.